The Kier molecular flexibility index (Phi) is 10.1. The lowest BCUT2D eigenvalue weighted by molar-refractivity contribution is 0.0600. The molecule has 2 aromatic carbocycles. The van der Waals surface area contributed by atoms with Gasteiger partial charge in [0.25, 0.3) is 0 Å². The van der Waals surface area contributed by atoms with E-state index in [0.29, 0.717) is 23.0 Å². The fourth-order valence-corrected chi connectivity index (χ4v) is 8.10. The molecule has 10 nitrogen and oxygen atoms in total. The van der Waals surface area contributed by atoms with Gasteiger partial charge in [-0.05, 0) is 95.4 Å². The standard InChI is InChI=1S/C18H19N3O2.C16H18BrNO2.C3H4N2/c1-20-15-11-13(18(22)23)7-8-14(15)16(12-5-2-3-6-12)17(20)21-10-4-9-19-21;1-18-13-9-11(16(19)20-2)7-8-12(13)14(15(18)17)10-5-3-4-6-10;1-2-4-5-3-1/h4,7-12H,2-3,5-6H2,1H3,(H,22,23);7-10H,3-6H2,1-2H3;1-3H,(H,4,5). The van der Waals surface area contributed by atoms with Crippen LogP contribution in [0.15, 0.2) is 77.9 Å². The van der Waals surface area contributed by atoms with Crippen molar-refractivity contribution in [3.63, 3.8) is 0 Å². The van der Waals surface area contributed by atoms with Crippen molar-refractivity contribution in [2.75, 3.05) is 7.11 Å². The first kappa shape index (κ1) is 33.3. The quantitative estimate of drug-likeness (QED) is 0.173. The molecule has 0 radical (unpaired) electrons. The number of aromatic carboxylic acids is 1. The number of ether oxygens (including phenoxy) is 1. The molecule has 4 heterocycles. The number of nitrogens with zero attached hydrogens (tertiary/aromatic N) is 5. The molecule has 8 rings (SSSR count). The molecule has 2 aliphatic rings. The SMILES string of the molecule is COC(=O)c1ccc2c(C3CCCC3)c(Br)n(C)c2c1.Cn1c(-n2cccn2)c(C2CCCC2)c2ccc(C(=O)O)cc21.c1cn[nH]c1. The Morgan fingerprint density at radius 3 is 2.00 bits per heavy atom. The highest BCUT2D eigenvalue weighted by molar-refractivity contribution is 9.10. The molecule has 2 aliphatic carbocycles. The van der Waals surface area contributed by atoms with E-state index in [4.69, 9.17) is 4.74 Å². The first-order valence-electron chi connectivity index (χ1n) is 16.5. The number of fused-ring (bicyclic) bond motifs is 2. The monoisotopic (exact) mass is 712 g/mol. The van der Waals surface area contributed by atoms with E-state index in [1.807, 2.05) is 55.3 Å². The fraction of sp³-hybridized carbons (Fsp3) is 0.351. The van der Waals surface area contributed by atoms with Crippen LogP contribution in [0, 0.1) is 0 Å². The number of rotatable bonds is 5. The molecule has 0 atom stereocenters. The van der Waals surface area contributed by atoms with Crippen LogP contribution < -0.4 is 0 Å². The van der Waals surface area contributed by atoms with E-state index in [9.17, 15) is 14.7 Å². The molecule has 0 amide bonds. The van der Waals surface area contributed by atoms with Gasteiger partial charge in [0.15, 0.2) is 0 Å². The molecule has 0 bridgehead atoms. The van der Waals surface area contributed by atoms with E-state index < -0.39 is 5.97 Å². The maximum Gasteiger partial charge on any atom is 0.337 e. The van der Waals surface area contributed by atoms with Gasteiger partial charge in [0.2, 0.25) is 0 Å². The van der Waals surface area contributed by atoms with E-state index >= 15 is 0 Å². The number of aryl methyl sites for hydroxylation is 2. The van der Waals surface area contributed by atoms with E-state index in [2.05, 4.69) is 46.4 Å². The number of esters is 1. The number of aromatic nitrogens is 6. The Labute approximate surface area is 287 Å². The number of H-pyrrole nitrogens is 1. The van der Waals surface area contributed by atoms with Gasteiger partial charge in [-0.3, -0.25) is 5.10 Å². The van der Waals surface area contributed by atoms with Crippen LogP contribution in [0.4, 0.5) is 0 Å². The van der Waals surface area contributed by atoms with Gasteiger partial charge in [-0.25, -0.2) is 14.3 Å². The highest BCUT2D eigenvalue weighted by Gasteiger charge is 2.28. The van der Waals surface area contributed by atoms with Crippen LogP contribution in [0.3, 0.4) is 0 Å². The van der Waals surface area contributed by atoms with E-state index in [1.54, 1.807) is 30.7 Å². The Hall–Kier alpha value is -4.64. The van der Waals surface area contributed by atoms with Crippen molar-refractivity contribution in [3.8, 4) is 5.82 Å². The van der Waals surface area contributed by atoms with Crippen LogP contribution in [0.25, 0.3) is 27.6 Å². The van der Waals surface area contributed by atoms with Crippen molar-refractivity contribution in [1.82, 2.24) is 29.1 Å². The van der Waals surface area contributed by atoms with Gasteiger partial charge >= 0.3 is 11.9 Å². The zero-order valence-electron chi connectivity index (χ0n) is 27.5. The third-order valence-corrected chi connectivity index (χ3v) is 10.7. The van der Waals surface area contributed by atoms with Crippen molar-refractivity contribution < 1.29 is 19.4 Å². The third kappa shape index (κ3) is 6.56. The average Bonchev–Trinajstić information content (AvgIpc) is 3.95. The summed E-state index contributed by atoms with van der Waals surface area (Å²) >= 11 is 3.73. The second-order valence-electron chi connectivity index (χ2n) is 12.5. The van der Waals surface area contributed by atoms with Crippen LogP contribution in [-0.2, 0) is 18.8 Å². The van der Waals surface area contributed by atoms with Gasteiger partial charge < -0.3 is 19.0 Å². The summed E-state index contributed by atoms with van der Waals surface area (Å²) in [6.45, 7) is 0. The second-order valence-corrected chi connectivity index (χ2v) is 13.3. The maximum absolute atomic E-state index is 11.7. The van der Waals surface area contributed by atoms with Crippen molar-refractivity contribution in [2.24, 2.45) is 14.1 Å². The lowest BCUT2D eigenvalue weighted by Gasteiger charge is -2.13. The molecule has 250 valence electrons. The number of aromatic amines is 1. The van der Waals surface area contributed by atoms with Gasteiger partial charge in [-0.15, -0.1) is 0 Å². The van der Waals surface area contributed by atoms with E-state index in [1.165, 1.54) is 75.0 Å². The van der Waals surface area contributed by atoms with Crippen LogP contribution in [0.5, 0.6) is 0 Å². The van der Waals surface area contributed by atoms with Crippen molar-refractivity contribution in [1.29, 1.82) is 0 Å². The topological polar surface area (TPSA) is 120 Å². The Bertz CT molecular complexity index is 2000. The minimum absolute atomic E-state index is 0.286. The minimum atomic E-state index is -0.892. The lowest BCUT2D eigenvalue weighted by atomic mass is 9.95. The number of hydrogen-bond acceptors (Lipinski definition) is 5. The van der Waals surface area contributed by atoms with Crippen LogP contribution in [0.2, 0.25) is 0 Å². The van der Waals surface area contributed by atoms with Crippen LogP contribution in [0.1, 0.15) is 95.0 Å². The van der Waals surface area contributed by atoms with E-state index in [0.717, 1.165) is 26.8 Å². The summed E-state index contributed by atoms with van der Waals surface area (Å²) in [7, 11) is 5.44. The van der Waals surface area contributed by atoms with Crippen molar-refractivity contribution >= 4 is 49.7 Å². The minimum Gasteiger partial charge on any atom is -0.478 e. The third-order valence-electron chi connectivity index (χ3n) is 9.70. The largest absolute Gasteiger partial charge is 0.478 e. The Morgan fingerprint density at radius 2 is 1.46 bits per heavy atom. The molecule has 0 saturated heterocycles. The molecule has 2 saturated carbocycles. The average molecular weight is 714 g/mol. The molecular formula is C37H41BrN6O4. The van der Waals surface area contributed by atoms with Crippen LogP contribution >= 0.6 is 15.9 Å². The summed E-state index contributed by atoms with van der Waals surface area (Å²) in [5.41, 5.74) is 5.67. The maximum atomic E-state index is 11.7. The number of carbonyl (C=O) groups is 2. The highest BCUT2D eigenvalue weighted by Crippen LogP contribution is 2.44. The Balaban J connectivity index is 0.000000147. The predicted octanol–water partition coefficient (Wildman–Crippen LogP) is 8.51. The summed E-state index contributed by atoms with van der Waals surface area (Å²) < 4.78 is 12.0. The molecule has 6 aromatic rings. The van der Waals surface area contributed by atoms with Crippen molar-refractivity contribution in [2.45, 2.75) is 63.2 Å². The fourth-order valence-electron chi connectivity index (χ4n) is 7.37. The van der Waals surface area contributed by atoms with Gasteiger partial charge in [0, 0.05) is 60.7 Å². The summed E-state index contributed by atoms with van der Waals surface area (Å²) in [4.78, 5) is 23.0. The van der Waals surface area contributed by atoms with E-state index in [-0.39, 0.29) is 5.97 Å². The van der Waals surface area contributed by atoms with Crippen molar-refractivity contribution in [3.05, 3.63) is 100 Å². The zero-order valence-corrected chi connectivity index (χ0v) is 29.1. The number of hydrogen-bond donors (Lipinski definition) is 2. The number of benzene rings is 2. The zero-order chi connectivity index (χ0) is 33.8. The number of nitrogens with one attached hydrogen (secondary N) is 1. The van der Waals surface area contributed by atoms with Gasteiger partial charge in [0.05, 0.1) is 28.4 Å². The highest BCUT2D eigenvalue weighted by atomic mass is 79.9. The molecule has 0 unspecified atom stereocenters. The number of carboxylic acids is 1. The number of methoxy groups -OCH3 is 1. The summed E-state index contributed by atoms with van der Waals surface area (Å²) in [6, 6.07) is 15.0. The normalized spacial score (nSPS) is 14.9. The molecular weight excluding hydrogens is 672 g/mol. The smallest absolute Gasteiger partial charge is 0.337 e. The first-order valence-corrected chi connectivity index (χ1v) is 17.2. The summed E-state index contributed by atoms with van der Waals surface area (Å²) in [6.07, 6.45) is 17.2. The van der Waals surface area contributed by atoms with Gasteiger partial charge in [0.1, 0.15) is 5.82 Å². The molecule has 4 aromatic heterocycles. The Morgan fingerprint density at radius 1 is 0.854 bits per heavy atom. The molecule has 48 heavy (non-hydrogen) atoms. The molecule has 11 heteroatoms. The molecule has 0 aliphatic heterocycles. The number of carbonyl (C=O) groups excluding carboxylic acids is 1. The molecule has 2 fully saturated rings. The molecule has 2 N–H and O–H groups in total. The van der Waals surface area contributed by atoms with Gasteiger partial charge in [-0.2, -0.15) is 10.2 Å². The number of carboxylic acid groups (broad SMARTS) is 1. The number of halogens is 1. The summed E-state index contributed by atoms with van der Waals surface area (Å²) in [5.74, 6) is 1.04. The lowest BCUT2D eigenvalue weighted by Crippen LogP contribution is -2.06. The second kappa shape index (κ2) is 14.6. The van der Waals surface area contributed by atoms with Crippen LogP contribution in [-0.4, -0.2) is 53.3 Å². The van der Waals surface area contributed by atoms with Gasteiger partial charge in [-0.1, -0.05) is 37.8 Å². The predicted molar refractivity (Wildman–Crippen MR) is 190 cm³/mol. The first-order chi connectivity index (χ1) is 23.3. The summed E-state index contributed by atoms with van der Waals surface area (Å²) in [5, 5.41) is 22.3. The molecule has 0 spiro atoms.